The Morgan fingerprint density at radius 1 is 1.00 bits per heavy atom. The molecule has 0 atom stereocenters. The molecule has 0 unspecified atom stereocenters. The fourth-order valence-corrected chi connectivity index (χ4v) is 2.74. The second kappa shape index (κ2) is 5.64. The van der Waals surface area contributed by atoms with Crippen LogP contribution in [0.3, 0.4) is 0 Å². The highest BCUT2D eigenvalue weighted by Crippen LogP contribution is 2.40. The van der Waals surface area contributed by atoms with E-state index in [0.717, 1.165) is 16.7 Å². The van der Waals surface area contributed by atoms with Gasteiger partial charge in [0, 0.05) is 11.1 Å². The Kier molecular flexibility index (Phi) is 4.28. The molecule has 2 rings (SSSR count). The van der Waals surface area contributed by atoms with Crippen LogP contribution >= 0.6 is 12.2 Å². The highest BCUT2D eigenvalue weighted by molar-refractivity contribution is 7.80. The number of nitrogens with one attached hydrogen (secondary N) is 2. The summed E-state index contributed by atoms with van der Waals surface area (Å²) in [6.45, 7) is 12.3. The minimum atomic E-state index is -0.238. The fraction of sp³-hybridized carbons (Fsp3) is 0.444. The lowest BCUT2D eigenvalue weighted by molar-refractivity contribution is -0.115. The van der Waals surface area contributed by atoms with E-state index >= 15 is 0 Å². The zero-order valence-corrected chi connectivity index (χ0v) is 15.3. The van der Waals surface area contributed by atoms with E-state index in [2.05, 4.69) is 52.2 Å². The first kappa shape index (κ1) is 17.5. The van der Waals surface area contributed by atoms with E-state index in [9.17, 15) is 9.90 Å². The monoisotopic (exact) mass is 332 g/mol. The molecule has 5 heteroatoms. The Bertz CT molecular complexity index is 672. The van der Waals surface area contributed by atoms with Crippen molar-refractivity contribution in [1.29, 1.82) is 0 Å². The quantitative estimate of drug-likeness (QED) is 0.545. The molecule has 0 spiro atoms. The molecule has 23 heavy (non-hydrogen) atoms. The number of amides is 1. The second-order valence-corrected chi connectivity index (χ2v) is 8.34. The van der Waals surface area contributed by atoms with Crippen molar-refractivity contribution in [3.05, 3.63) is 34.5 Å². The van der Waals surface area contributed by atoms with Crippen LogP contribution in [-0.4, -0.2) is 16.1 Å². The average Bonchev–Trinajstić information content (AvgIpc) is 2.67. The Balaban J connectivity index is 2.64. The maximum absolute atomic E-state index is 11.8. The average molecular weight is 332 g/mol. The third-order valence-corrected chi connectivity index (χ3v) is 3.98. The summed E-state index contributed by atoms with van der Waals surface area (Å²) in [5.41, 5.74) is 2.58. The van der Waals surface area contributed by atoms with E-state index in [1.807, 2.05) is 12.1 Å². The van der Waals surface area contributed by atoms with Gasteiger partial charge in [0.2, 0.25) is 0 Å². The highest BCUT2D eigenvalue weighted by Gasteiger charge is 2.27. The van der Waals surface area contributed by atoms with Crippen LogP contribution < -0.4 is 10.6 Å². The zero-order chi connectivity index (χ0) is 17.6. The minimum absolute atomic E-state index is 0.209. The first-order valence-electron chi connectivity index (χ1n) is 7.61. The highest BCUT2D eigenvalue weighted by atomic mass is 32.1. The van der Waals surface area contributed by atoms with Crippen LogP contribution in [0.4, 0.5) is 0 Å². The smallest absolute Gasteiger partial charge is 0.273 e. The molecule has 0 aromatic heterocycles. The first-order valence-corrected chi connectivity index (χ1v) is 8.02. The summed E-state index contributed by atoms with van der Waals surface area (Å²) in [4.78, 5) is 11.8. The molecule has 0 bridgehead atoms. The van der Waals surface area contributed by atoms with Crippen molar-refractivity contribution in [1.82, 2.24) is 10.6 Å². The minimum Gasteiger partial charge on any atom is -0.507 e. The summed E-state index contributed by atoms with van der Waals surface area (Å²) < 4.78 is 0. The van der Waals surface area contributed by atoms with Gasteiger partial charge in [0.25, 0.3) is 5.91 Å². The van der Waals surface area contributed by atoms with Gasteiger partial charge in [-0.05, 0) is 46.8 Å². The number of carbonyl (C=O) groups excluding carboxylic acids is 1. The number of hydrogen-bond acceptors (Lipinski definition) is 3. The van der Waals surface area contributed by atoms with Crippen molar-refractivity contribution in [3.63, 3.8) is 0 Å². The lowest BCUT2D eigenvalue weighted by Gasteiger charge is -2.28. The summed E-state index contributed by atoms with van der Waals surface area (Å²) in [6, 6.07) is 3.85. The first-order chi connectivity index (χ1) is 10.4. The molecule has 1 aromatic rings. The SMILES string of the molecule is CC(C)(C)c1cc(C=C2NC(=S)NC2=O)cc(C(C)(C)C)c1O. The van der Waals surface area contributed by atoms with Gasteiger partial charge in [0.1, 0.15) is 11.4 Å². The van der Waals surface area contributed by atoms with Gasteiger partial charge in [0.15, 0.2) is 5.11 Å². The van der Waals surface area contributed by atoms with Crippen LogP contribution in [0.5, 0.6) is 5.75 Å². The van der Waals surface area contributed by atoms with Crippen LogP contribution in [0.15, 0.2) is 17.8 Å². The van der Waals surface area contributed by atoms with E-state index in [1.165, 1.54) is 0 Å². The molecule has 124 valence electrons. The fourth-order valence-electron chi connectivity index (χ4n) is 2.53. The molecule has 1 aromatic carbocycles. The summed E-state index contributed by atoms with van der Waals surface area (Å²) in [7, 11) is 0. The van der Waals surface area contributed by atoms with Crippen molar-refractivity contribution in [3.8, 4) is 5.75 Å². The van der Waals surface area contributed by atoms with Gasteiger partial charge >= 0.3 is 0 Å². The van der Waals surface area contributed by atoms with Crippen molar-refractivity contribution >= 4 is 29.3 Å². The lowest BCUT2D eigenvalue weighted by atomic mass is 9.78. The van der Waals surface area contributed by atoms with E-state index < -0.39 is 0 Å². The van der Waals surface area contributed by atoms with Crippen LogP contribution in [-0.2, 0) is 15.6 Å². The number of rotatable bonds is 1. The molecule has 1 amide bonds. The normalized spacial score (nSPS) is 17.4. The topological polar surface area (TPSA) is 61.4 Å². The molecule has 0 aliphatic carbocycles. The molecule has 1 aliphatic rings. The Morgan fingerprint density at radius 2 is 1.48 bits per heavy atom. The Labute approximate surface area is 143 Å². The molecular weight excluding hydrogens is 308 g/mol. The lowest BCUT2D eigenvalue weighted by Crippen LogP contribution is -2.21. The number of carbonyl (C=O) groups is 1. The Morgan fingerprint density at radius 3 is 1.83 bits per heavy atom. The summed E-state index contributed by atoms with van der Waals surface area (Å²) in [5.74, 6) is 0.0872. The van der Waals surface area contributed by atoms with Crippen LogP contribution in [0, 0.1) is 0 Å². The second-order valence-electron chi connectivity index (χ2n) is 7.93. The molecule has 1 heterocycles. The van der Waals surface area contributed by atoms with Gasteiger partial charge in [-0.15, -0.1) is 0 Å². The van der Waals surface area contributed by atoms with E-state index in [4.69, 9.17) is 12.2 Å². The van der Waals surface area contributed by atoms with Gasteiger partial charge in [0.05, 0.1) is 0 Å². The number of benzene rings is 1. The maximum atomic E-state index is 11.8. The predicted molar refractivity (Wildman–Crippen MR) is 97.4 cm³/mol. The van der Waals surface area contributed by atoms with Gasteiger partial charge < -0.3 is 10.4 Å². The summed E-state index contributed by atoms with van der Waals surface area (Å²) in [6.07, 6.45) is 1.76. The maximum Gasteiger partial charge on any atom is 0.273 e. The largest absolute Gasteiger partial charge is 0.507 e. The van der Waals surface area contributed by atoms with Gasteiger partial charge in [-0.1, -0.05) is 41.5 Å². The van der Waals surface area contributed by atoms with Crippen LogP contribution in [0.25, 0.3) is 6.08 Å². The van der Waals surface area contributed by atoms with Crippen molar-refractivity contribution in [2.24, 2.45) is 0 Å². The van der Waals surface area contributed by atoms with Gasteiger partial charge in [-0.25, -0.2) is 0 Å². The van der Waals surface area contributed by atoms with E-state index in [-0.39, 0.29) is 16.7 Å². The van der Waals surface area contributed by atoms with Gasteiger partial charge in [-0.2, -0.15) is 0 Å². The summed E-state index contributed by atoms with van der Waals surface area (Å²) >= 11 is 4.96. The molecule has 3 N–H and O–H groups in total. The molecular formula is C18H24N2O2S. The zero-order valence-electron chi connectivity index (χ0n) is 14.5. The number of thiocarbonyl (C=S) groups is 1. The third-order valence-electron chi connectivity index (χ3n) is 3.78. The van der Waals surface area contributed by atoms with Crippen LogP contribution in [0.2, 0.25) is 0 Å². The summed E-state index contributed by atoms with van der Waals surface area (Å²) in [5, 5.41) is 16.4. The number of phenolic OH excluding ortho intramolecular Hbond substituents is 1. The molecule has 1 fully saturated rings. The number of hydrogen-bond donors (Lipinski definition) is 3. The third kappa shape index (κ3) is 3.72. The molecule has 4 nitrogen and oxygen atoms in total. The molecule has 1 aliphatic heterocycles. The van der Waals surface area contributed by atoms with Gasteiger partial charge in [-0.3, -0.25) is 10.1 Å². The van der Waals surface area contributed by atoms with E-state index in [0.29, 0.717) is 16.6 Å². The molecule has 0 saturated carbocycles. The Hall–Kier alpha value is -1.88. The number of phenols is 1. The van der Waals surface area contributed by atoms with Crippen LogP contribution in [0.1, 0.15) is 58.2 Å². The van der Waals surface area contributed by atoms with Crippen molar-refractivity contribution in [2.45, 2.75) is 52.4 Å². The number of aromatic hydroxyl groups is 1. The van der Waals surface area contributed by atoms with E-state index in [1.54, 1.807) is 6.08 Å². The molecule has 1 saturated heterocycles. The van der Waals surface area contributed by atoms with Crippen molar-refractivity contribution in [2.75, 3.05) is 0 Å². The predicted octanol–water partition coefficient (Wildman–Crippen LogP) is 3.33. The standard InChI is InChI=1S/C18H24N2O2S/c1-17(2,3)11-7-10(8-12(14(11)21)18(4,5)6)9-13-15(22)20-16(23)19-13/h7-9,21H,1-6H3,(H2,19,20,22,23). The molecule has 0 radical (unpaired) electrons. The van der Waals surface area contributed by atoms with Crippen molar-refractivity contribution < 1.29 is 9.90 Å².